The summed E-state index contributed by atoms with van der Waals surface area (Å²) < 4.78 is 5.70. The van der Waals surface area contributed by atoms with Gasteiger partial charge in [0.05, 0.1) is 6.61 Å². The monoisotopic (exact) mass is 254 g/mol. The van der Waals surface area contributed by atoms with E-state index in [2.05, 4.69) is 6.92 Å². The second-order valence-electron chi connectivity index (χ2n) is 4.36. The maximum Gasteiger partial charge on any atom is 0.130 e. The van der Waals surface area contributed by atoms with Gasteiger partial charge in [0.15, 0.2) is 0 Å². The molecule has 3 heteroatoms. The van der Waals surface area contributed by atoms with Gasteiger partial charge >= 0.3 is 0 Å². The van der Waals surface area contributed by atoms with Crippen molar-refractivity contribution in [2.75, 3.05) is 6.61 Å². The molecule has 0 unspecified atom stereocenters. The maximum absolute atomic E-state index is 8.71. The summed E-state index contributed by atoms with van der Waals surface area (Å²) >= 11 is 0. The smallest absolute Gasteiger partial charge is 0.130 e. The molecule has 0 amide bonds. The molecule has 0 heterocycles. The van der Waals surface area contributed by atoms with E-state index < -0.39 is 0 Å². The van der Waals surface area contributed by atoms with E-state index >= 15 is 0 Å². The van der Waals surface area contributed by atoms with Crippen molar-refractivity contribution in [2.24, 2.45) is 0 Å². The SMILES string of the molecule is CCCCCOc1ccc(C=C(C#N)C#N)cc1C. The molecule has 0 aliphatic carbocycles. The highest BCUT2D eigenvalue weighted by Gasteiger charge is 2.01. The molecule has 1 aromatic carbocycles. The van der Waals surface area contributed by atoms with Crippen LogP contribution in [0.5, 0.6) is 5.75 Å². The molecule has 0 saturated carbocycles. The molecular formula is C16H18N2O. The van der Waals surface area contributed by atoms with Gasteiger partial charge in [-0.2, -0.15) is 10.5 Å². The second kappa shape index (κ2) is 7.95. The average Bonchev–Trinajstić information content (AvgIpc) is 2.42. The van der Waals surface area contributed by atoms with Gasteiger partial charge in [-0.15, -0.1) is 0 Å². The number of hydrogen-bond acceptors (Lipinski definition) is 3. The van der Waals surface area contributed by atoms with Gasteiger partial charge in [0.25, 0.3) is 0 Å². The fourth-order valence-corrected chi connectivity index (χ4v) is 1.71. The summed E-state index contributed by atoms with van der Waals surface area (Å²) in [7, 11) is 0. The summed E-state index contributed by atoms with van der Waals surface area (Å²) in [5.41, 5.74) is 1.97. The number of hydrogen-bond donors (Lipinski definition) is 0. The van der Waals surface area contributed by atoms with Crippen LogP contribution < -0.4 is 4.74 Å². The first-order valence-corrected chi connectivity index (χ1v) is 6.46. The number of benzene rings is 1. The third-order valence-electron chi connectivity index (χ3n) is 2.76. The lowest BCUT2D eigenvalue weighted by Gasteiger charge is -2.09. The van der Waals surface area contributed by atoms with E-state index in [0.717, 1.165) is 29.9 Å². The number of allylic oxidation sites excluding steroid dienone is 1. The van der Waals surface area contributed by atoms with Crippen LogP contribution in [0.4, 0.5) is 0 Å². The minimum Gasteiger partial charge on any atom is -0.493 e. The Balaban J connectivity index is 2.73. The molecule has 0 bridgehead atoms. The van der Waals surface area contributed by atoms with Crippen LogP contribution in [-0.2, 0) is 0 Å². The van der Waals surface area contributed by atoms with Crippen LogP contribution in [0.2, 0.25) is 0 Å². The molecule has 0 atom stereocenters. The fourth-order valence-electron chi connectivity index (χ4n) is 1.71. The lowest BCUT2D eigenvalue weighted by Crippen LogP contribution is -1.98. The van der Waals surface area contributed by atoms with E-state index in [1.807, 2.05) is 37.3 Å². The lowest BCUT2D eigenvalue weighted by atomic mass is 10.1. The Labute approximate surface area is 114 Å². The molecule has 0 saturated heterocycles. The molecule has 1 rings (SSSR count). The number of rotatable bonds is 6. The van der Waals surface area contributed by atoms with E-state index in [4.69, 9.17) is 15.3 Å². The molecule has 98 valence electrons. The lowest BCUT2D eigenvalue weighted by molar-refractivity contribution is 0.304. The summed E-state index contributed by atoms with van der Waals surface area (Å²) in [5.74, 6) is 0.865. The minimum atomic E-state index is 0.107. The van der Waals surface area contributed by atoms with Crippen molar-refractivity contribution in [1.82, 2.24) is 0 Å². The van der Waals surface area contributed by atoms with Gasteiger partial charge in [0.1, 0.15) is 23.5 Å². The van der Waals surface area contributed by atoms with Crippen LogP contribution in [0.1, 0.15) is 37.3 Å². The Morgan fingerprint density at radius 3 is 2.58 bits per heavy atom. The molecule has 0 aliphatic heterocycles. The van der Waals surface area contributed by atoms with E-state index in [0.29, 0.717) is 0 Å². The van der Waals surface area contributed by atoms with Crippen LogP contribution in [0.3, 0.4) is 0 Å². The third kappa shape index (κ3) is 4.85. The predicted molar refractivity (Wildman–Crippen MR) is 75.4 cm³/mol. The van der Waals surface area contributed by atoms with Crippen molar-refractivity contribution in [3.05, 3.63) is 34.9 Å². The molecule has 1 aromatic rings. The van der Waals surface area contributed by atoms with Crippen LogP contribution in [0.25, 0.3) is 6.08 Å². The first-order chi connectivity index (χ1) is 9.21. The number of nitrogens with zero attached hydrogens (tertiary/aromatic N) is 2. The zero-order valence-corrected chi connectivity index (χ0v) is 11.4. The van der Waals surface area contributed by atoms with Gasteiger partial charge in [-0.05, 0) is 42.7 Å². The third-order valence-corrected chi connectivity index (χ3v) is 2.76. The predicted octanol–water partition coefficient (Wildman–Crippen LogP) is 3.99. The van der Waals surface area contributed by atoms with Crippen molar-refractivity contribution in [3.8, 4) is 17.9 Å². The molecular weight excluding hydrogens is 236 g/mol. The summed E-state index contributed by atoms with van der Waals surface area (Å²) in [4.78, 5) is 0. The average molecular weight is 254 g/mol. The zero-order chi connectivity index (χ0) is 14.1. The Morgan fingerprint density at radius 1 is 1.26 bits per heavy atom. The van der Waals surface area contributed by atoms with Crippen molar-refractivity contribution in [2.45, 2.75) is 33.1 Å². The standard InChI is InChI=1S/C16H18N2O/c1-3-4-5-8-19-16-7-6-14(9-13(16)2)10-15(11-17)12-18/h6-7,9-10H,3-5,8H2,1-2H3. The van der Waals surface area contributed by atoms with Crippen LogP contribution >= 0.6 is 0 Å². The molecule has 0 N–H and O–H groups in total. The first-order valence-electron chi connectivity index (χ1n) is 6.46. The van der Waals surface area contributed by atoms with E-state index in [9.17, 15) is 0 Å². The van der Waals surface area contributed by atoms with Crippen molar-refractivity contribution in [1.29, 1.82) is 10.5 Å². The Hall–Kier alpha value is -2.26. The highest BCUT2D eigenvalue weighted by molar-refractivity contribution is 5.63. The largest absolute Gasteiger partial charge is 0.493 e. The maximum atomic E-state index is 8.71. The fraction of sp³-hybridized carbons (Fsp3) is 0.375. The minimum absolute atomic E-state index is 0.107. The van der Waals surface area contributed by atoms with Gasteiger partial charge in [0, 0.05) is 0 Å². The molecule has 0 aliphatic rings. The van der Waals surface area contributed by atoms with E-state index in [1.54, 1.807) is 6.08 Å². The molecule has 0 aromatic heterocycles. The molecule has 19 heavy (non-hydrogen) atoms. The summed E-state index contributed by atoms with van der Waals surface area (Å²) in [6.45, 7) is 4.85. The van der Waals surface area contributed by atoms with Crippen LogP contribution in [-0.4, -0.2) is 6.61 Å². The Kier molecular flexibility index (Phi) is 6.19. The molecule has 0 radical (unpaired) electrons. The van der Waals surface area contributed by atoms with Gasteiger partial charge in [-0.3, -0.25) is 0 Å². The summed E-state index contributed by atoms with van der Waals surface area (Å²) in [6, 6.07) is 9.37. The topological polar surface area (TPSA) is 56.8 Å². The highest BCUT2D eigenvalue weighted by Crippen LogP contribution is 2.21. The van der Waals surface area contributed by atoms with Crippen LogP contribution in [0, 0.1) is 29.6 Å². The highest BCUT2D eigenvalue weighted by atomic mass is 16.5. The van der Waals surface area contributed by atoms with Crippen molar-refractivity contribution < 1.29 is 4.74 Å². The normalized spacial score (nSPS) is 9.26. The molecule has 0 spiro atoms. The molecule has 0 fully saturated rings. The van der Waals surface area contributed by atoms with Crippen molar-refractivity contribution in [3.63, 3.8) is 0 Å². The van der Waals surface area contributed by atoms with E-state index in [1.165, 1.54) is 12.8 Å². The number of nitriles is 2. The van der Waals surface area contributed by atoms with Crippen molar-refractivity contribution >= 4 is 6.08 Å². The van der Waals surface area contributed by atoms with Gasteiger partial charge < -0.3 is 4.74 Å². The Bertz CT molecular complexity index is 517. The summed E-state index contributed by atoms with van der Waals surface area (Å²) in [5, 5.41) is 17.4. The zero-order valence-electron chi connectivity index (χ0n) is 11.4. The second-order valence-corrected chi connectivity index (χ2v) is 4.36. The van der Waals surface area contributed by atoms with Gasteiger partial charge in [0.2, 0.25) is 0 Å². The summed E-state index contributed by atoms with van der Waals surface area (Å²) in [6.07, 6.45) is 4.99. The van der Waals surface area contributed by atoms with Gasteiger partial charge in [-0.25, -0.2) is 0 Å². The molecule has 3 nitrogen and oxygen atoms in total. The first kappa shape index (κ1) is 14.8. The number of ether oxygens (including phenoxy) is 1. The van der Waals surface area contributed by atoms with Crippen LogP contribution in [0.15, 0.2) is 23.8 Å². The van der Waals surface area contributed by atoms with Gasteiger partial charge in [-0.1, -0.05) is 25.8 Å². The number of unbranched alkanes of at least 4 members (excludes halogenated alkanes) is 2. The number of aryl methyl sites for hydroxylation is 1. The quantitative estimate of drug-likeness (QED) is 0.569. The van der Waals surface area contributed by atoms with E-state index in [-0.39, 0.29) is 5.57 Å². The Morgan fingerprint density at radius 2 is 2.00 bits per heavy atom.